The highest BCUT2D eigenvalue weighted by atomic mass is 32.2. The summed E-state index contributed by atoms with van der Waals surface area (Å²) in [5, 5.41) is 8.22. The predicted molar refractivity (Wildman–Crippen MR) is 61.0 cm³/mol. The van der Waals surface area contributed by atoms with Crippen molar-refractivity contribution in [2.24, 2.45) is 5.14 Å². The summed E-state index contributed by atoms with van der Waals surface area (Å²) in [7, 11) is 1.63. The SMILES string of the molecule is C[O+]c1ccc(NC(=S)SN)cc1. The monoisotopic (exact) mass is 214 g/mol. The van der Waals surface area contributed by atoms with Gasteiger partial charge in [0.15, 0.2) is 4.32 Å². The Morgan fingerprint density at radius 1 is 1.46 bits per heavy atom. The van der Waals surface area contributed by atoms with Crippen LogP contribution in [0.25, 0.3) is 0 Å². The van der Waals surface area contributed by atoms with Crippen molar-refractivity contribution < 1.29 is 4.74 Å². The molecular weight excluding hydrogens is 204 g/mol. The Hall–Kier alpha value is -0.780. The van der Waals surface area contributed by atoms with Gasteiger partial charge in [0.25, 0.3) is 7.11 Å². The average Bonchev–Trinajstić information content (AvgIpc) is 2.19. The van der Waals surface area contributed by atoms with E-state index in [-0.39, 0.29) is 0 Å². The second-order valence-electron chi connectivity index (χ2n) is 2.26. The zero-order chi connectivity index (χ0) is 9.68. The largest absolute Gasteiger partial charge is 0.343 e. The Labute approximate surface area is 86.8 Å². The molecule has 0 heterocycles. The number of nitrogens with one attached hydrogen (secondary N) is 1. The topological polar surface area (TPSA) is 49.3 Å². The van der Waals surface area contributed by atoms with Gasteiger partial charge < -0.3 is 5.32 Å². The van der Waals surface area contributed by atoms with Crippen molar-refractivity contribution in [2.75, 3.05) is 12.4 Å². The van der Waals surface area contributed by atoms with Gasteiger partial charge in [-0.15, -0.1) is 0 Å². The van der Waals surface area contributed by atoms with Gasteiger partial charge in [-0.25, -0.2) is 0 Å². The molecule has 69 valence electrons. The lowest BCUT2D eigenvalue weighted by Gasteiger charge is -2.02. The molecule has 0 saturated carbocycles. The van der Waals surface area contributed by atoms with Gasteiger partial charge in [0.05, 0.1) is 0 Å². The maximum atomic E-state index is 5.26. The van der Waals surface area contributed by atoms with Crippen molar-refractivity contribution in [1.29, 1.82) is 0 Å². The molecule has 0 aliphatic heterocycles. The molecule has 1 radical (unpaired) electrons. The van der Waals surface area contributed by atoms with Crippen molar-refractivity contribution in [1.82, 2.24) is 0 Å². The lowest BCUT2D eigenvalue weighted by Crippen LogP contribution is -2.06. The summed E-state index contributed by atoms with van der Waals surface area (Å²) in [4.78, 5) is 0. The van der Waals surface area contributed by atoms with Gasteiger partial charge in [0.1, 0.15) is 0 Å². The molecule has 1 rings (SSSR count). The summed E-state index contributed by atoms with van der Waals surface area (Å²) in [6.45, 7) is 0. The number of benzene rings is 1. The molecule has 0 aliphatic carbocycles. The van der Waals surface area contributed by atoms with E-state index in [0.717, 1.165) is 23.4 Å². The number of thiocarbonyl (C=S) groups is 1. The lowest BCUT2D eigenvalue weighted by molar-refractivity contribution is 0.415. The second-order valence-corrected chi connectivity index (χ2v) is 3.57. The van der Waals surface area contributed by atoms with Crippen LogP contribution in [-0.2, 0) is 0 Å². The zero-order valence-electron chi connectivity index (χ0n) is 7.11. The minimum absolute atomic E-state index is 0.546. The van der Waals surface area contributed by atoms with Crippen LogP contribution < -0.4 is 15.2 Å². The highest BCUT2D eigenvalue weighted by Gasteiger charge is 2.01. The normalized spacial score (nSPS) is 9.38. The molecule has 3 nitrogen and oxygen atoms in total. The third kappa shape index (κ3) is 3.22. The van der Waals surface area contributed by atoms with Crippen LogP contribution >= 0.6 is 24.2 Å². The fraction of sp³-hybridized carbons (Fsp3) is 0.125. The molecule has 0 aromatic heterocycles. The number of anilines is 1. The Kier molecular flexibility index (Phi) is 4.01. The van der Waals surface area contributed by atoms with Gasteiger partial charge >= 0.3 is 5.75 Å². The van der Waals surface area contributed by atoms with Crippen molar-refractivity contribution in [3.8, 4) is 5.75 Å². The zero-order valence-corrected chi connectivity index (χ0v) is 8.74. The van der Waals surface area contributed by atoms with Gasteiger partial charge in [-0.05, 0) is 24.1 Å². The Balaban J connectivity index is 2.64. The van der Waals surface area contributed by atoms with Crippen LogP contribution in [-0.4, -0.2) is 11.4 Å². The van der Waals surface area contributed by atoms with Gasteiger partial charge in [-0.3, -0.25) is 9.88 Å². The predicted octanol–water partition coefficient (Wildman–Crippen LogP) is 2.00. The third-order valence-electron chi connectivity index (χ3n) is 1.44. The van der Waals surface area contributed by atoms with E-state index < -0.39 is 0 Å². The standard InChI is InChI=1S/C8H10N2OS2/c1-11-7-4-2-6(3-5-7)10-8(12)13-9/h2-5H,9H2,1H3,(H,10,12)/q+1. The molecule has 0 atom stereocenters. The maximum Gasteiger partial charge on any atom is 0.343 e. The van der Waals surface area contributed by atoms with E-state index in [9.17, 15) is 0 Å². The van der Waals surface area contributed by atoms with Crippen LogP contribution in [0.5, 0.6) is 5.75 Å². The van der Waals surface area contributed by atoms with E-state index in [4.69, 9.17) is 22.1 Å². The van der Waals surface area contributed by atoms with Crippen LogP contribution in [0.4, 0.5) is 5.69 Å². The van der Waals surface area contributed by atoms with E-state index in [2.05, 4.69) is 5.32 Å². The van der Waals surface area contributed by atoms with Crippen molar-refractivity contribution in [2.45, 2.75) is 0 Å². The lowest BCUT2D eigenvalue weighted by atomic mass is 10.3. The van der Waals surface area contributed by atoms with E-state index in [1.807, 2.05) is 24.3 Å². The van der Waals surface area contributed by atoms with Crippen LogP contribution in [0.3, 0.4) is 0 Å². The third-order valence-corrected chi connectivity index (χ3v) is 2.15. The Bertz CT molecular complexity index is 287. The van der Waals surface area contributed by atoms with Gasteiger partial charge in [0.2, 0.25) is 0 Å². The molecule has 0 spiro atoms. The molecular formula is C8H10N2OS2+. The fourth-order valence-electron chi connectivity index (χ4n) is 0.822. The molecule has 0 bridgehead atoms. The Morgan fingerprint density at radius 3 is 2.54 bits per heavy atom. The minimum atomic E-state index is 0.546. The average molecular weight is 214 g/mol. The quantitative estimate of drug-likeness (QED) is 0.448. The van der Waals surface area contributed by atoms with Crippen LogP contribution in [0.1, 0.15) is 0 Å². The number of hydrogen-bond acceptors (Lipinski definition) is 4. The molecule has 0 saturated heterocycles. The summed E-state index contributed by atoms with van der Waals surface area (Å²) in [5.41, 5.74) is 0.906. The molecule has 0 amide bonds. The summed E-state index contributed by atoms with van der Waals surface area (Å²) < 4.78 is 5.56. The molecule has 0 unspecified atom stereocenters. The molecule has 5 heteroatoms. The number of nitrogens with two attached hydrogens (primary N) is 1. The number of methoxy groups -OCH3 is 1. The van der Waals surface area contributed by atoms with Crippen molar-refractivity contribution in [3.63, 3.8) is 0 Å². The molecule has 13 heavy (non-hydrogen) atoms. The molecule has 0 fully saturated rings. The van der Waals surface area contributed by atoms with Crippen molar-refractivity contribution in [3.05, 3.63) is 24.3 Å². The van der Waals surface area contributed by atoms with Crippen LogP contribution in [0, 0.1) is 0 Å². The van der Waals surface area contributed by atoms with E-state index in [1.54, 1.807) is 7.11 Å². The van der Waals surface area contributed by atoms with Crippen molar-refractivity contribution >= 4 is 34.2 Å². The molecule has 1 aromatic rings. The van der Waals surface area contributed by atoms with Crippen LogP contribution in [0.2, 0.25) is 0 Å². The second kappa shape index (κ2) is 5.06. The van der Waals surface area contributed by atoms with Gasteiger partial charge in [-0.1, -0.05) is 12.2 Å². The highest BCUT2D eigenvalue weighted by Crippen LogP contribution is 2.15. The van der Waals surface area contributed by atoms with Crippen LogP contribution in [0.15, 0.2) is 24.3 Å². The summed E-state index contributed by atoms with van der Waals surface area (Å²) in [6.07, 6.45) is 0. The van der Waals surface area contributed by atoms with E-state index >= 15 is 0 Å². The molecule has 3 N–H and O–H groups in total. The first-order valence-electron chi connectivity index (χ1n) is 3.58. The van der Waals surface area contributed by atoms with Gasteiger partial charge in [0, 0.05) is 17.8 Å². The highest BCUT2D eigenvalue weighted by molar-refractivity contribution is 8.21. The number of rotatable bonds is 2. The summed E-state index contributed by atoms with van der Waals surface area (Å²) >= 11 is 5.91. The van der Waals surface area contributed by atoms with E-state index in [0.29, 0.717) is 4.32 Å². The smallest absolute Gasteiger partial charge is 0.340 e. The summed E-state index contributed by atoms with van der Waals surface area (Å²) in [6, 6.07) is 7.46. The fourth-order valence-corrected chi connectivity index (χ4v) is 1.12. The summed E-state index contributed by atoms with van der Waals surface area (Å²) in [5.74, 6) is 0.817. The maximum absolute atomic E-state index is 5.26. The first-order valence-corrected chi connectivity index (χ1v) is 4.87. The number of ether oxygens (including phenoxy) is 1. The van der Waals surface area contributed by atoms with E-state index in [1.165, 1.54) is 0 Å². The molecule has 1 aromatic carbocycles. The Morgan fingerprint density at radius 2 is 2.08 bits per heavy atom. The number of hydrogen-bond donors (Lipinski definition) is 2. The first kappa shape index (κ1) is 10.3. The first-order chi connectivity index (χ1) is 6.26. The minimum Gasteiger partial charge on any atom is -0.340 e. The van der Waals surface area contributed by atoms with Gasteiger partial charge in [-0.2, -0.15) is 0 Å². The molecule has 0 aliphatic rings.